The van der Waals surface area contributed by atoms with E-state index in [-0.39, 0.29) is 21.5 Å². The Bertz CT molecular complexity index is 774. The molecule has 120 valence electrons. The van der Waals surface area contributed by atoms with Gasteiger partial charge < -0.3 is 4.74 Å². The zero-order chi connectivity index (χ0) is 17.1. The van der Waals surface area contributed by atoms with E-state index in [1.54, 1.807) is 6.07 Å². The van der Waals surface area contributed by atoms with Gasteiger partial charge in [-0.2, -0.15) is 0 Å². The molecule has 0 spiro atoms. The molecule has 1 aromatic carbocycles. The number of halogens is 2. The van der Waals surface area contributed by atoms with Gasteiger partial charge in [0.15, 0.2) is 6.10 Å². The van der Waals surface area contributed by atoms with Crippen molar-refractivity contribution in [1.29, 1.82) is 0 Å². The third-order valence-electron chi connectivity index (χ3n) is 3.34. The Morgan fingerprint density at radius 2 is 1.87 bits per heavy atom. The summed E-state index contributed by atoms with van der Waals surface area (Å²) in [5.74, 6) is -0.935. The lowest BCUT2D eigenvalue weighted by Gasteiger charge is -2.14. The summed E-state index contributed by atoms with van der Waals surface area (Å²) in [6.07, 6.45) is 0.337. The third-order valence-corrected chi connectivity index (χ3v) is 4.03. The molecule has 1 heterocycles. The second-order valence-electron chi connectivity index (χ2n) is 5.23. The van der Waals surface area contributed by atoms with Gasteiger partial charge >= 0.3 is 5.97 Å². The molecule has 2 rings (SSSR count). The van der Waals surface area contributed by atoms with Gasteiger partial charge in [-0.3, -0.25) is 4.79 Å². The van der Waals surface area contributed by atoms with Crippen molar-refractivity contribution in [2.75, 3.05) is 0 Å². The number of carbonyl (C=O) groups excluding carboxylic acids is 2. The Morgan fingerprint density at radius 1 is 1.17 bits per heavy atom. The number of benzene rings is 1. The maximum Gasteiger partial charge on any atom is 0.340 e. The van der Waals surface area contributed by atoms with Crippen LogP contribution in [0.3, 0.4) is 0 Å². The SMILES string of the molecule is Cc1ccc(C)c(C(=O)[C@@H](C)OC(=O)c2cnc(Cl)c(Cl)c2)c1. The molecule has 2 aromatic rings. The summed E-state index contributed by atoms with van der Waals surface area (Å²) in [5, 5.41) is 0.248. The van der Waals surface area contributed by atoms with Crippen LogP contribution in [0.2, 0.25) is 10.2 Å². The van der Waals surface area contributed by atoms with Crippen molar-refractivity contribution in [2.24, 2.45) is 0 Å². The van der Waals surface area contributed by atoms with Crippen molar-refractivity contribution < 1.29 is 14.3 Å². The van der Waals surface area contributed by atoms with E-state index in [2.05, 4.69) is 4.98 Å². The van der Waals surface area contributed by atoms with Crippen LogP contribution in [0.5, 0.6) is 0 Å². The second-order valence-corrected chi connectivity index (χ2v) is 5.99. The van der Waals surface area contributed by atoms with E-state index in [0.717, 1.165) is 11.1 Å². The van der Waals surface area contributed by atoms with Crippen molar-refractivity contribution >= 4 is 35.0 Å². The molecule has 0 aliphatic rings. The van der Waals surface area contributed by atoms with Gasteiger partial charge in [-0.1, -0.05) is 40.9 Å². The number of ether oxygens (including phenoxy) is 1. The number of rotatable bonds is 4. The number of nitrogens with zero attached hydrogens (tertiary/aromatic N) is 1. The van der Waals surface area contributed by atoms with Gasteiger partial charge in [-0.05, 0) is 38.5 Å². The van der Waals surface area contributed by atoms with Crippen molar-refractivity contribution in [2.45, 2.75) is 26.9 Å². The molecule has 4 nitrogen and oxygen atoms in total. The second kappa shape index (κ2) is 7.11. The fraction of sp³-hybridized carbons (Fsp3) is 0.235. The molecule has 0 radical (unpaired) electrons. The normalized spacial score (nSPS) is 11.9. The fourth-order valence-electron chi connectivity index (χ4n) is 2.04. The van der Waals surface area contributed by atoms with Gasteiger partial charge in [-0.15, -0.1) is 0 Å². The smallest absolute Gasteiger partial charge is 0.340 e. The molecule has 1 aromatic heterocycles. The van der Waals surface area contributed by atoms with Gasteiger partial charge in [0.05, 0.1) is 10.6 Å². The summed E-state index contributed by atoms with van der Waals surface area (Å²) in [6, 6.07) is 6.92. The van der Waals surface area contributed by atoms with E-state index in [4.69, 9.17) is 27.9 Å². The first-order valence-electron chi connectivity index (χ1n) is 6.93. The minimum absolute atomic E-state index is 0.0997. The summed E-state index contributed by atoms with van der Waals surface area (Å²) in [6.45, 7) is 5.27. The molecule has 0 bridgehead atoms. The first-order chi connectivity index (χ1) is 10.8. The highest BCUT2D eigenvalue weighted by Crippen LogP contribution is 2.21. The predicted molar refractivity (Wildman–Crippen MR) is 89.4 cm³/mol. The van der Waals surface area contributed by atoms with Crippen molar-refractivity contribution in [3.63, 3.8) is 0 Å². The van der Waals surface area contributed by atoms with Crippen molar-refractivity contribution in [3.8, 4) is 0 Å². The van der Waals surface area contributed by atoms with Gasteiger partial charge in [0.1, 0.15) is 5.15 Å². The maximum absolute atomic E-state index is 12.5. The van der Waals surface area contributed by atoms with Crippen LogP contribution >= 0.6 is 23.2 Å². The first-order valence-corrected chi connectivity index (χ1v) is 7.68. The first kappa shape index (κ1) is 17.4. The average Bonchev–Trinajstić information content (AvgIpc) is 2.51. The quantitative estimate of drug-likeness (QED) is 0.464. The number of aromatic nitrogens is 1. The molecule has 23 heavy (non-hydrogen) atoms. The van der Waals surface area contributed by atoms with E-state index in [9.17, 15) is 9.59 Å². The van der Waals surface area contributed by atoms with Crippen LogP contribution in [-0.2, 0) is 4.74 Å². The summed E-state index contributed by atoms with van der Waals surface area (Å²) < 4.78 is 5.21. The number of aryl methyl sites for hydroxylation is 2. The van der Waals surface area contributed by atoms with Crippen LogP contribution in [0, 0.1) is 13.8 Å². The minimum atomic E-state index is -0.919. The molecule has 0 saturated heterocycles. The summed E-state index contributed by atoms with van der Waals surface area (Å²) >= 11 is 11.5. The molecule has 0 unspecified atom stereocenters. The highest BCUT2D eigenvalue weighted by Gasteiger charge is 2.22. The van der Waals surface area contributed by atoms with Gasteiger partial charge in [-0.25, -0.2) is 9.78 Å². The number of hydrogen-bond acceptors (Lipinski definition) is 4. The number of carbonyl (C=O) groups is 2. The Balaban J connectivity index is 2.15. The molecular formula is C17H15Cl2NO3. The highest BCUT2D eigenvalue weighted by molar-refractivity contribution is 6.41. The van der Waals surface area contributed by atoms with Gasteiger partial charge in [0, 0.05) is 11.8 Å². The lowest BCUT2D eigenvalue weighted by Crippen LogP contribution is -2.25. The number of Topliss-reactive ketones (excluding diaryl/α,β-unsaturated/α-hetero) is 1. The molecule has 6 heteroatoms. The van der Waals surface area contributed by atoms with E-state index in [1.807, 2.05) is 26.0 Å². The monoisotopic (exact) mass is 351 g/mol. The Morgan fingerprint density at radius 3 is 2.52 bits per heavy atom. The molecule has 0 aliphatic carbocycles. The molecule has 0 N–H and O–H groups in total. The molecular weight excluding hydrogens is 337 g/mol. The Labute approximate surface area is 144 Å². The number of hydrogen-bond donors (Lipinski definition) is 0. The van der Waals surface area contributed by atoms with Crippen LogP contribution in [0.15, 0.2) is 30.5 Å². The average molecular weight is 352 g/mol. The van der Waals surface area contributed by atoms with Crippen LogP contribution in [-0.4, -0.2) is 22.8 Å². The number of ketones is 1. The van der Waals surface area contributed by atoms with Crippen LogP contribution < -0.4 is 0 Å². The van der Waals surface area contributed by atoms with Crippen LogP contribution in [0.4, 0.5) is 0 Å². The van der Waals surface area contributed by atoms with Gasteiger partial charge in [0.2, 0.25) is 5.78 Å². The summed E-state index contributed by atoms with van der Waals surface area (Å²) in [4.78, 5) is 28.3. The fourth-order valence-corrected chi connectivity index (χ4v) is 2.30. The predicted octanol–water partition coefficient (Wildman–Crippen LogP) is 4.43. The zero-order valence-electron chi connectivity index (χ0n) is 12.9. The lowest BCUT2D eigenvalue weighted by molar-refractivity contribution is 0.0318. The van der Waals surface area contributed by atoms with E-state index in [1.165, 1.54) is 19.2 Å². The molecule has 0 aliphatic heterocycles. The molecule has 0 amide bonds. The maximum atomic E-state index is 12.5. The van der Waals surface area contributed by atoms with Gasteiger partial charge in [0.25, 0.3) is 0 Å². The summed E-state index contributed by atoms with van der Waals surface area (Å²) in [7, 11) is 0. The van der Waals surface area contributed by atoms with Crippen LogP contribution in [0.25, 0.3) is 0 Å². The standard InChI is InChI=1S/C17H15Cl2NO3/c1-9-4-5-10(2)13(6-9)15(21)11(3)23-17(22)12-7-14(18)16(19)20-8-12/h4-8,11H,1-3H3/t11-/m1/s1. The van der Waals surface area contributed by atoms with E-state index >= 15 is 0 Å². The highest BCUT2D eigenvalue weighted by atomic mass is 35.5. The minimum Gasteiger partial charge on any atom is -0.451 e. The Hall–Kier alpha value is -1.91. The largest absolute Gasteiger partial charge is 0.451 e. The number of pyridine rings is 1. The molecule has 1 atom stereocenters. The van der Waals surface area contributed by atoms with Crippen molar-refractivity contribution in [3.05, 3.63) is 62.9 Å². The zero-order valence-corrected chi connectivity index (χ0v) is 14.4. The molecule has 0 saturated carbocycles. The lowest BCUT2D eigenvalue weighted by atomic mass is 9.99. The number of esters is 1. The van der Waals surface area contributed by atoms with E-state index in [0.29, 0.717) is 5.56 Å². The van der Waals surface area contributed by atoms with Crippen LogP contribution in [0.1, 0.15) is 38.8 Å². The topological polar surface area (TPSA) is 56.3 Å². The van der Waals surface area contributed by atoms with Crippen molar-refractivity contribution in [1.82, 2.24) is 4.98 Å². The third kappa shape index (κ3) is 4.09. The van der Waals surface area contributed by atoms with E-state index < -0.39 is 12.1 Å². The molecule has 0 fully saturated rings. The summed E-state index contributed by atoms with van der Waals surface area (Å²) in [5.41, 5.74) is 2.48. The Kier molecular flexibility index (Phi) is 5.39.